The largest absolute Gasteiger partial charge is 0.427 e. The van der Waals surface area contributed by atoms with Crippen LogP contribution in [-0.4, -0.2) is 42.4 Å². The maximum absolute atomic E-state index is 13.2. The van der Waals surface area contributed by atoms with Crippen molar-refractivity contribution in [2.24, 2.45) is 28.6 Å². The molecule has 3 saturated carbocycles. The summed E-state index contributed by atoms with van der Waals surface area (Å²) in [5, 5.41) is 0. The molecule has 4 heteroatoms. The van der Waals surface area contributed by atoms with Gasteiger partial charge in [-0.25, -0.2) is 4.79 Å². The maximum Gasteiger partial charge on any atom is 0.421 e. The molecule has 0 aromatic heterocycles. The third-order valence-corrected chi connectivity index (χ3v) is 10.0. The first-order valence-corrected chi connectivity index (χ1v) is 12.4. The van der Waals surface area contributed by atoms with E-state index in [1.54, 1.807) is 0 Å². The van der Waals surface area contributed by atoms with Gasteiger partial charge in [-0.05, 0) is 81.2 Å². The molecule has 0 unspecified atom stereocenters. The Hall–Kier alpha value is -1.99. The molecule has 5 aliphatic rings. The van der Waals surface area contributed by atoms with Gasteiger partial charge in [0, 0.05) is 11.8 Å². The molecule has 0 bridgehead atoms. The Morgan fingerprint density at radius 1 is 1.19 bits per heavy atom. The van der Waals surface area contributed by atoms with Gasteiger partial charge < -0.3 is 4.74 Å². The second-order valence-corrected chi connectivity index (χ2v) is 11.4. The summed E-state index contributed by atoms with van der Waals surface area (Å²) in [4.78, 5) is 27.3. The molecule has 1 heterocycles. The standard InChI is InChI=1S/C28H36NO3/c1-5-28(32-25(31)19-7-6-16-29(4)18-19)15-12-24-22-9-8-20-17-21(30)10-13-26(20,2)23(22)11-14-27(24,28)3/h1,6-7,17,22-24H,8-16,18H2,2-4H3/q+1/t22-,23+,24+,26+,27+,28+/m1/s1. The Morgan fingerprint density at radius 3 is 2.72 bits per heavy atom. The van der Waals surface area contributed by atoms with E-state index in [4.69, 9.17) is 11.2 Å². The van der Waals surface area contributed by atoms with E-state index in [1.165, 1.54) is 5.57 Å². The Labute approximate surface area is 192 Å². The molecule has 1 aliphatic heterocycles. The molecule has 0 saturated heterocycles. The molecular formula is C28H36NO3+. The number of ketones is 1. The zero-order chi connectivity index (χ0) is 22.7. The fourth-order valence-electron chi connectivity index (χ4n) is 8.13. The van der Waals surface area contributed by atoms with Gasteiger partial charge in [-0.3, -0.25) is 9.69 Å². The first kappa shape index (κ1) is 21.8. The minimum atomic E-state index is -0.823. The van der Waals surface area contributed by atoms with Crippen LogP contribution in [0.1, 0.15) is 65.2 Å². The van der Waals surface area contributed by atoms with Crippen molar-refractivity contribution in [3.63, 3.8) is 0 Å². The van der Waals surface area contributed by atoms with Crippen LogP contribution < -0.4 is 0 Å². The molecule has 0 N–H and O–H groups in total. The van der Waals surface area contributed by atoms with E-state index in [0.29, 0.717) is 42.1 Å². The average Bonchev–Trinajstić information content (AvgIpc) is 3.06. The van der Waals surface area contributed by atoms with Crippen LogP contribution >= 0.6 is 0 Å². The van der Waals surface area contributed by atoms with Crippen LogP contribution in [0.15, 0.2) is 23.3 Å². The van der Waals surface area contributed by atoms with Crippen molar-refractivity contribution in [1.82, 2.24) is 4.90 Å². The first-order valence-electron chi connectivity index (χ1n) is 12.4. The smallest absolute Gasteiger partial charge is 0.421 e. The van der Waals surface area contributed by atoms with Crippen LogP contribution in [0.5, 0.6) is 0 Å². The first-order chi connectivity index (χ1) is 15.2. The lowest BCUT2D eigenvalue weighted by Gasteiger charge is -2.58. The number of fused-ring (bicyclic) bond motifs is 5. The van der Waals surface area contributed by atoms with E-state index in [0.717, 1.165) is 51.5 Å². The van der Waals surface area contributed by atoms with Gasteiger partial charge >= 0.3 is 5.97 Å². The summed E-state index contributed by atoms with van der Waals surface area (Å²) in [5.74, 6) is 4.72. The van der Waals surface area contributed by atoms with Gasteiger partial charge in [0.15, 0.2) is 17.0 Å². The number of hydrogen-bond acceptors (Lipinski definition) is 4. The van der Waals surface area contributed by atoms with Gasteiger partial charge in [0.05, 0.1) is 13.0 Å². The number of allylic oxidation sites excluding steroid dienone is 1. The van der Waals surface area contributed by atoms with Crippen LogP contribution in [0.3, 0.4) is 0 Å². The third kappa shape index (κ3) is 3.04. The SMILES string of the molecule is C#C[C@]1(OC(=O)C2=C[CH+]CN(C)C2)CC[C@H]2[C@@H]3CCC4=CC(=O)CC[C@]4(C)[C@H]3CC[C@@]21C. The number of ether oxygens (including phenoxy) is 1. The fourth-order valence-corrected chi connectivity index (χ4v) is 8.13. The number of esters is 1. The zero-order valence-corrected chi connectivity index (χ0v) is 19.8. The highest BCUT2D eigenvalue weighted by atomic mass is 16.6. The predicted octanol–water partition coefficient (Wildman–Crippen LogP) is 4.51. The number of carbonyl (C=O) groups excluding carboxylic acids is 2. The molecule has 0 spiro atoms. The van der Waals surface area contributed by atoms with Gasteiger partial charge in [-0.2, -0.15) is 0 Å². The summed E-state index contributed by atoms with van der Waals surface area (Å²) in [6.45, 7) is 6.14. The number of hydrogen-bond donors (Lipinski definition) is 0. The molecule has 0 radical (unpaired) electrons. The molecule has 0 aromatic rings. The van der Waals surface area contributed by atoms with E-state index in [-0.39, 0.29) is 16.8 Å². The van der Waals surface area contributed by atoms with Gasteiger partial charge in [0.1, 0.15) is 12.6 Å². The van der Waals surface area contributed by atoms with Crippen LogP contribution in [-0.2, 0) is 14.3 Å². The van der Waals surface area contributed by atoms with E-state index >= 15 is 0 Å². The lowest BCUT2D eigenvalue weighted by Crippen LogP contribution is -2.55. The van der Waals surface area contributed by atoms with E-state index in [9.17, 15) is 9.59 Å². The molecule has 32 heavy (non-hydrogen) atoms. The van der Waals surface area contributed by atoms with Crippen LogP contribution in [0, 0.1) is 47.3 Å². The lowest BCUT2D eigenvalue weighted by molar-refractivity contribution is -0.167. The lowest BCUT2D eigenvalue weighted by atomic mass is 9.46. The molecule has 5 rings (SSSR count). The summed E-state index contributed by atoms with van der Waals surface area (Å²) in [6, 6.07) is 0. The Balaban J connectivity index is 1.41. The molecule has 6 atom stereocenters. The van der Waals surface area contributed by atoms with E-state index in [1.807, 2.05) is 25.6 Å². The Bertz CT molecular complexity index is 941. The second kappa shape index (κ2) is 7.52. The number of nitrogens with zero attached hydrogens (tertiary/aromatic N) is 1. The molecule has 3 fully saturated rings. The highest BCUT2D eigenvalue weighted by Gasteiger charge is 2.66. The predicted molar refractivity (Wildman–Crippen MR) is 124 cm³/mol. The highest BCUT2D eigenvalue weighted by Crippen LogP contribution is 2.68. The van der Waals surface area contributed by atoms with Gasteiger partial charge in [-0.15, -0.1) is 6.42 Å². The Kier molecular flexibility index (Phi) is 5.13. The van der Waals surface area contributed by atoms with E-state index in [2.05, 4.69) is 24.7 Å². The van der Waals surface area contributed by atoms with Crippen LogP contribution in [0.25, 0.3) is 0 Å². The number of carbonyl (C=O) groups is 2. The Morgan fingerprint density at radius 2 is 1.97 bits per heavy atom. The van der Waals surface area contributed by atoms with Gasteiger partial charge in [0.25, 0.3) is 0 Å². The minimum absolute atomic E-state index is 0.142. The molecule has 0 aromatic carbocycles. The molecule has 170 valence electrons. The maximum atomic E-state index is 13.2. The normalized spacial score (nSPS) is 43.6. The molecule has 4 aliphatic carbocycles. The van der Waals surface area contributed by atoms with Crippen molar-refractivity contribution in [2.45, 2.75) is 70.8 Å². The zero-order valence-electron chi connectivity index (χ0n) is 19.8. The van der Waals surface area contributed by atoms with Crippen molar-refractivity contribution in [3.8, 4) is 12.3 Å². The topological polar surface area (TPSA) is 46.6 Å². The number of rotatable bonds is 2. The quantitative estimate of drug-likeness (QED) is 0.364. The van der Waals surface area contributed by atoms with Gasteiger partial charge in [0.2, 0.25) is 0 Å². The monoisotopic (exact) mass is 434 g/mol. The van der Waals surface area contributed by atoms with Crippen molar-refractivity contribution in [1.29, 1.82) is 0 Å². The van der Waals surface area contributed by atoms with Crippen molar-refractivity contribution >= 4 is 11.8 Å². The fraction of sp³-hybridized carbons (Fsp3) is 0.679. The van der Waals surface area contributed by atoms with Crippen molar-refractivity contribution < 1.29 is 14.3 Å². The minimum Gasteiger partial charge on any atom is -0.427 e. The number of terminal acetylenes is 1. The summed E-state index contributed by atoms with van der Waals surface area (Å²) in [5.41, 5.74) is 1.21. The molecular weight excluding hydrogens is 398 g/mol. The summed E-state index contributed by atoms with van der Waals surface area (Å²) in [7, 11) is 2.01. The van der Waals surface area contributed by atoms with Crippen molar-refractivity contribution in [3.05, 3.63) is 29.7 Å². The molecule has 4 nitrogen and oxygen atoms in total. The average molecular weight is 435 g/mol. The molecule has 0 amide bonds. The van der Waals surface area contributed by atoms with E-state index < -0.39 is 5.60 Å². The highest BCUT2D eigenvalue weighted by molar-refractivity contribution is 5.91. The van der Waals surface area contributed by atoms with Gasteiger partial charge in [-0.1, -0.05) is 25.3 Å². The second-order valence-electron chi connectivity index (χ2n) is 11.4. The van der Waals surface area contributed by atoms with Crippen LogP contribution in [0.4, 0.5) is 0 Å². The summed E-state index contributed by atoms with van der Waals surface area (Å²) < 4.78 is 6.29. The van der Waals surface area contributed by atoms with Crippen LogP contribution in [0.2, 0.25) is 0 Å². The third-order valence-electron chi connectivity index (χ3n) is 10.0. The van der Waals surface area contributed by atoms with Crippen molar-refractivity contribution in [2.75, 3.05) is 20.1 Å². The number of likely N-dealkylation sites (N-methyl/N-ethyl adjacent to an activating group) is 1. The summed E-state index contributed by atoms with van der Waals surface area (Å²) >= 11 is 0. The summed E-state index contributed by atoms with van der Waals surface area (Å²) in [6.07, 6.45) is 19.7.